The molecule has 10 heteroatoms. The van der Waals surface area contributed by atoms with E-state index in [-0.39, 0.29) is 17.0 Å². The molecule has 2 rings (SSSR count). The molecule has 1 fully saturated rings. The highest BCUT2D eigenvalue weighted by Crippen LogP contribution is 2.37. The first-order valence-electron chi connectivity index (χ1n) is 10.5. The van der Waals surface area contributed by atoms with Crippen LogP contribution >= 0.6 is 31.9 Å². The van der Waals surface area contributed by atoms with Gasteiger partial charge in [-0.2, -0.15) is 5.10 Å². The minimum absolute atomic E-state index is 0.174. The third-order valence-electron chi connectivity index (χ3n) is 6.01. The van der Waals surface area contributed by atoms with Gasteiger partial charge in [0, 0.05) is 32.3 Å². The molecular formula is C20H35Br2N3O4Si. The van der Waals surface area contributed by atoms with Gasteiger partial charge in [0.15, 0.2) is 8.32 Å². The van der Waals surface area contributed by atoms with Crippen molar-refractivity contribution in [3.63, 3.8) is 0 Å². The van der Waals surface area contributed by atoms with Gasteiger partial charge in [0.2, 0.25) is 0 Å². The molecule has 1 aliphatic heterocycles. The van der Waals surface area contributed by atoms with E-state index >= 15 is 0 Å². The predicted octanol–water partition coefficient (Wildman–Crippen LogP) is 4.70. The Balaban J connectivity index is 2.11. The molecule has 0 bridgehead atoms. The number of hydrogen-bond acceptors (Lipinski definition) is 6. The fourth-order valence-electron chi connectivity index (χ4n) is 3.04. The Morgan fingerprint density at radius 3 is 2.47 bits per heavy atom. The fraction of sp³-hybridized carbons (Fsp3) is 0.800. The van der Waals surface area contributed by atoms with Crippen LogP contribution in [0.5, 0.6) is 0 Å². The van der Waals surface area contributed by atoms with E-state index in [1.54, 1.807) is 6.92 Å². The van der Waals surface area contributed by atoms with Crippen LogP contribution in [0.15, 0.2) is 9.21 Å². The van der Waals surface area contributed by atoms with Crippen molar-refractivity contribution < 1.29 is 18.7 Å². The number of aryl methyl sites for hydroxylation is 1. The number of hydrogen-bond donors (Lipinski definition) is 0. The first kappa shape index (κ1) is 26.0. The second-order valence-corrected chi connectivity index (χ2v) is 15.4. The number of aromatic nitrogens is 2. The van der Waals surface area contributed by atoms with Crippen molar-refractivity contribution >= 4 is 46.1 Å². The van der Waals surface area contributed by atoms with Crippen molar-refractivity contribution in [1.29, 1.82) is 0 Å². The summed E-state index contributed by atoms with van der Waals surface area (Å²) in [4.78, 5) is 14.7. The summed E-state index contributed by atoms with van der Waals surface area (Å²) in [7, 11) is -1.84. The van der Waals surface area contributed by atoms with Gasteiger partial charge in [-0.25, -0.2) is 4.79 Å². The predicted molar refractivity (Wildman–Crippen MR) is 128 cm³/mol. The Hall–Kier alpha value is -0.263. The minimum Gasteiger partial charge on any atom is -0.462 e. The first-order valence-corrected chi connectivity index (χ1v) is 15.0. The SMILES string of the molecule is CCOC(=O)c1c(Br)nn(CCC(CO[Si](C)(C)C(C)(C)C)N2CCOCC2)c1Br. The smallest absolute Gasteiger partial charge is 0.343 e. The van der Waals surface area contributed by atoms with Crippen molar-refractivity contribution in [3.8, 4) is 0 Å². The van der Waals surface area contributed by atoms with E-state index in [2.05, 4.69) is 75.7 Å². The van der Waals surface area contributed by atoms with E-state index in [0.717, 1.165) is 32.7 Å². The molecule has 0 aliphatic carbocycles. The zero-order valence-corrected chi connectivity index (χ0v) is 23.1. The molecule has 0 N–H and O–H groups in total. The second kappa shape index (κ2) is 11.0. The second-order valence-electron chi connectivity index (χ2n) is 9.06. The van der Waals surface area contributed by atoms with Gasteiger partial charge in [-0.3, -0.25) is 9.58 Å². The maximum Gasteiger partial charge on any atom is 0.343 e. The Bertz CT molecular complexity index is 716. The summed E-state index contributed by atoms with van der Waals surface area (Å²) >= 11 is 6.92. The first-order chi connectivity index (χ1) is 14.0. The van der Waals surface area contributed by atoms with Crippen molar-refractivity contribution in [2.24, 2.45) is 0 Å². The Kier molecular flexibility index (Phi) is 9.57. The molecule has 1 saturated heterocycles. The molecule has 0 radical (unpaired) electrons. The van der Waals surface area contributed by atoms with E-state index in [4.69, 9.17) is 13.9 Å². The third kappa shape index (κ3) is 6.62. The number of carbonyl (C=O) groups excluding carboxylic acids is 1. The van der Waals surface area contributed by atoms with E-state index < -0.39 is 8.32 Å². The van der Waals surface area contributed by atoms with Gasteiger partial charge in [-0.15, -0.1) is 0 Å². The van der Waals surface area contributed by atoms with Gasteiger partial charge < -0.3 is 13.9 Å². The zero-order chi connectivity index (χ0) is 22.5. The lowest BCUT2D eigenvalue weighted by Crippen LogP contribution is -2.49. The van der Waals surface area contributed by atoms with Gasteiger partial charge in [0.05, 0.1) is 19.8 Å². The summed E-state index contributed by atoms with van der Waals surface area (Å²) in [5.41, 5.74) is 0.428. The molecule has 0 spiro atoms. The highest BCUT2D eigenvalue weighted by Gasteiger charge is 2.38. The quantitative estimate of drug-likeness (QED) is 0.318. The Labute approximate surface area is 198 Å². The van der Waals surface area contributed by atoms with Crippen LogP contribution in [0, 0.1) is 0 Å². The maximum atomic E-state index is 12.2. The van der Waals surface area contributed by atoms with Crippen LogP contribution in [-0.2, 0) is 20.4 Å². The largest absolute Gasteiger partial charge is 0.462 e. The van der Waals surface area contributed by atoms with E-state index in [9.17, 15) is 4.79 Å². The van der Waals surface area contributed by atoms with Crippen molar-refractivity contribution in [3.05, 3.63) is 14.8 Å². The molecule has 0 amide bonds. The van der Waals surface area contributed by atoms with Crippen molar-refractivity contribution in [2.75, 3.05) is 39.5 Å². The minimum atomic E-state index is -1.84. The number of carbonyl (C=O) groups is 1. The summed E-state index contributed by atoms with van der Waals surface area (Å²) < 4.78 is 20.2. The third-order valence-corrected chi connectivity index (χ3v) is 11.9. The van der Waals surface area contributed by atoms with Crippen LogP contribution in [0.25, 0.3) is 0 Å². The molecule has 2 heterocycles. The van der Waals surface area contributed by atoms with Crippen molar-refractivity contribution in [2.45, 2.75) is 64.8 Å². The average molecular weight is 569 g/mol. The number of nitrogens with zero attached hydrogens (tertiary/aromatic N) is 3. The Morgan fingerprint density at radius 2 is 1.90 bits per heavy atom. The van der Waals surface area contributed by atoms with Crippen molar-refractivity contribution in [1.82, 2.24) is 14.7 Å². The topological polar surface area (TPSA) is 65.8 Å². The van der Waals surface area contributed by atoms with E-state index in [1.165, 1.54) is 0 Å². The van der Waals surface area contributed by atoms with Gasteiger partial charge in [-0.1, -0.05) is 20.8 Å². The van der Waals surface area contributed by atoms with E-state index in [0.29, 0.717) is 34.5 Å². The van der Waals surface area contributed by atoms with Gasteiger partial charge >= 0.3 is 5.97 Å². The lowest BCUT2D eigenvalue weighted by molar-refractivity contribution is 0.00134. The van der Waals surface area contributed by atoms with Gasteiger partial charge in [0.1, 0.15) is 14.8 Å². The summed E-state index contributed by atoms with van der Waals surface area (Å²) in [6, 6.07) is 0.268. The molecule has 1 aliphatic rings. The summed E-state index contributed by atoms with van der Waals surface area (Å²) in [6.07, 6.45) is 0.865. The van der Waals surface area contributed by atoms with Crippen LogP contribution in [0.1, 0.15) is 44.5 Å². The highest BCUT2D eigenvalue weighted by atomic mass is 79.9. The van der Waals surface area contributed by atoms with Crippen LogP contribution < -0.4 is 0 Å². The molecule has 0 saturated carbocycles. The molecule has 30 heavy (non-hydrogen) atoms. The van der Waals surface area contributed by atoms with E-state index in [1.807, 2.05) is 4.68 Å². The van der Waals surface area contributed by atoms with Crippen LogP contribution in [-0.4, -0.2) is 74.5 Å². The number of ether oxygens (including phenoxy) is 2. The summed E-state index contributed by atoms with van der Waals surface area (Å²) in [5.74, 6) is -0.381. The molecule has 1 unspecified atom stereocenters. The molecular weight excluding hydrogens is 534 g/mol. The lowest BCUT2D eigenvalue weighted by Gasteiger charge is -2.40. The summed E-state index contributed by atoms with van der Waals surface area (Å²) in [5, 5.41) is 4.66. The van der Waals surface area contributed by atoms with Crippen LogP contribution in [0.3, 0.4) is 0 Å². The number of rotatable bonds is 9. The normalized spacial score (nSPS) is 17.2. The van der Waals surface area contributed by atoms with Gasteiger partial charge in [-0.05, 0) is 63.3 Å². The molecule has 1 aromatic heterocycles. The van der Waals surface area contributed by atoms with Crippen LogP contribution in [0.2, 0.25) is 18.1 Å². The number of halogens is 2. The average Bonchev–Trinajstić information content (AvgIpc) is 2.95. The standard InChI is InChI=1S/C20H35Br2N3O4Si/c1-7-28-19(26)16-17(21)23-25(18(16)22)9-8-15(24-10-12-27-13-11-24)14-29-30(5,6)20(2,3)4/h15H,7-14H2,1-6H3. The monoisotopic (exact) mass is 567 g/mol. The highest BCUT2D eigenvalue weighted by molar-refractivity contribution is 9.11. The fourth-order valence-corrected chi connectivity index (χ4v) is 5.50. The zero-order valence-electron chi connectivity index (χ0n) is 19.0. The lowest BCUT2D eigenvalue weighted by atomic mass is 10.1. The summed E-state index contributed by atoms with van der Waals surface area (Å²) in [6.45, 7) is 18.2. The number of morpholine rings is 1. The molecule has 172 valence electrons. The number of esters is 1. The molecule has 7 nitrogen and oxygen atoms in total. The van der Waals surface area contributed by atoms with Crippen LogP contribution in [0.4, 0.5) is 0 Å². The maximum absolute atomic E-state index is 12.2. The molecule has 1 aromatic rings. The molecule has 1 atom stereocenters. The Morgan fingerprint density at radius 1 is 1.27 bits per heavy atom. The molecule has 0 aromatic carbocycles. The van der Waals surface area contributed by atoms with Gasteiger partial charge in [0.25, 0.3) is 0 Å².